The number of benzene rings is 4. The fraction of sp³-hybridized carbons (Fsp3) is 0.444. The van der Waals surface area contributed by atoms with Gasteiger partial charge in [0.15, 0.2) is 0 Å². The van der Waals surface area contributed by atoms with Crippen LogP contribution >= 0.6 is 0 Å². The van der Waals surface area contributed by atoms with Crippen molar-refractivity contribution >= 4 is 11.8 Å². The summed E-state index contributed by atoms with van der Waals surface area (Å²) in [6, 6.07) is 46.4. The highest BCUT2D eigenvalue weighted by Crippen LogP contribution is 2.25. The molecule has 0 bridgehead atoms. The summed E-state index contributed by atoms with van der Waals surface area (Å²) in [5, 5.41) is 13.8. The van der Waals surface area contributed by atoms with E-state index in [9.17, 15) is 9.59 Å². The molecule has 7 aromatic rings. The van der Waals surface area contributed by atoms with Crippen LogP contribution in [0.2, 0.25) is 0 Å². The van der Waals surface area contributed by atoms with Gasteiger partial charge in [0.1, 0.15) is 11.4 Å². The first-order chi connectivity index (χ1) is 38.9. The molecule has 17 nitrogen and oxygen atoms in total. The first kappa shape index (κ1) is 61.9. The van der Waals surface area contributed by atoms with Gasteiger partial charge < -0.3 is 43.4 Å². The van der Waals surface area contributed by atoms with Crippen LogP contribution in [-0.2, 0) is 24.4 Å². The molecule has 4 heterocycles. The number of carbonyl (C=O) groups excluding carboxylic acids is 2. The van der Waals surface area contributed by atoms with Gasteiger partial charge in [0.25, 0.3) is 11.8 Å². The largest absolute Gasteiger partial charge is 0.477 e. The molecule has 80 heavy (non-hydrogen) atoms. The summed E-state index contributed by atoms with van der Waals surface area (Å²) in [5.41, 5.74) is 6.80. The van der Waals surface area contributed by atoms with Gasteiger partial charge in [-0.05, 0) is 96.6 Å². The maximum Gasteiger partial charge on any atom is 0.272 e. The molecule has 1 aliphatic heterocycles. The van der Waals surface area contributed by atoms with Crippen LogP contribution in [-0.4, -0.2) is 187 Å². The van der Waals surface area contributed by atoms with Crippen LogP contribution in [0.15, 0.2) is 140 Å². The van der Waals surface area contributed by atoms with Crippen LogP contribution in [0.3, 0.4) is 0 Å². The summed E-state index contributed by atoms with van der Waals surface area (Å²) in [4.78, 5) is 36.3. The van der Waals surface area contributed by atoms with Gasteiger partial charge >= 0.3 is 0 Å². The third-order valence-corrected chi connectivity index (χ3v) is 12.9. The number of morpholine rings is 1. The van der Waals surface area contributed by atoms with Gasteiger partial charge in [0.2, 0.25) is 17.6 Å². The predicted octanol–water partition coefficient (Wildman–Crippen LogP) is 9.19. The zero-order chi connectivity index (χ0) is 56.9. The molecule has 0 atom stereocenters. The summed E-state index contributed by atoms with van der Waals surface area (Å²) >= 11 is 0. The van der Waals surface area contributed by atoms with E-state index < -0.39 is 0 Å². The molecule has 0 unspecified atom stereocenters. The Hall–Kier alpha value is -7.31. The van der Waals surface area contributed by atoms with Crippen molar-refractivity contribution in [3.8, 4) is 28.9 Å². The van der Waals surface area contributed by atoms with E-state index in [0.717, 1.165) is 93.8 Å². The van der Waals surface area contributed by atoms with Crippen LogP contribution in [0.1, 0.15) is 83.6 Å². The number of aromatic nitrogens is 6. The molecule has 1 fully saturated rings. The second kappa shape index (κ2) is 34.0. The molecule has 0 radical (unpaired) electrons. The SMILES string of the molecule is CCCN(CCC)C(=O)c1cc(OCCCN(C)C)nn1Cc1ccccc1.CN(C)CCCOc1cc(-c2ccccc2)n(Cc2ccccc2)n1.CN(C)CCCOc1cc(C(=O)N2CCOCC2)n(Cc2ccccc2)n1. The van der Waals surface area contributed by atoms with Gasteiger partial charge in [0.05, 0.1) is 58.4 Å². The minimum Gasteiger partial charge on any atom is -0.477 e. The fourth-order valence-electron chi connectivity index (χ4n) is 8.83. The third-order valence-electron chi connectivity index (χ3n) is 12.9. The summed E-state index contributed by atoms with van der Waals surface area (Å²) in [6.45, 7) is 14.6. The molecule has 0 saturated carbocycles. The topological polar surface area (TPSA) is 141 Å². The Labute approximate surface area is 475 Å². The Kier molecular flexibility index (Phi) is 26.3. The van der Waals surface area contributed by atoms with E-state index in [1.165, 1.54) is 5.56 Å². The van der Waals surface area contributed by atoms with Crippen molar-refractivity contribution in [3.05, 3.63) is 168 Å². The minimum atomic E-state index is -0.0233. The smallest absolute Gasteiger partial charge is 0.272 e. The first-order valence-corrected chi connectivity index (χ1v) is 28.3. The van der Waals surface area contributed by atoms with Crippen LogP contribution in [0.4, 0.5) is 0 Å². The molecule has 1 aliphatic rings. The highest BCUT2D eigenvalue weighted by molar-refractivity contribution is 5.93. The van der Waals surface area contributed by atoms with E-state index in [1.807, 2.05) is 134 Å². The van der Waals surface area contributed by atoms with Crippen LogP contribution < -0.4 is 14.2 Å². The highest BCUT2D eigenvalue weighted by Gasteiger charge is 2.25. The Balaban J connectivity index is 0.000000194. The maximum absolute atomic E-state index is 13.2. The lowest BCUT2D eigenvalue weighted by molar-refractivity contribution is 0.0295. The van der Waals surface area contributed by atoms with E-state index in [0.29, 0.717) is 88.2 Å². The van der Waals surface area contributed by atoms with E-state index in [1.54, 1.807) is 21.5 Å². The summed E-state index contributed by atoms with van der Waals surface area (Å²) in [7, 11) is 12.3. The number of amides is 2. The third kappa shape index (κ3) is 21.1. The lowest BCUT2D eigenvalue weighted by atomic mass is 10.1. The fourth-order valence-corrected chi connectivity index (χ4v) is 8.83. The van der Waals surface area contributed by atoms with Crippen molar-refractivity contribution in [1.29, 1.82) is 0 Å². The molecular formula is C63H87N11O6. The van der Waals surface area contributed by atoms with Crippen molar-refractivity contribution in [1.82, 2.24) is 53.8 Å². The zero-order valence-electron chi connectivity index (χ0n) is 48.8. The summed E-state index contributed by atoms with van der Waals surface area (Å²) in [5.74, 6) is 1.71. The van der Waals surface area contributed by atoms with Gasteiger partial charge in [0, 0.05) is 64.0 Å². The van der Waals surface area contributed by atoms with Crippen molar-refractivity contribution < 1.29 is 28.5 Å². The van der Waals surface area contributed by atoms with Crippen LogP contribution in [0.5, 0.6) is 17.6 Å². The number of carbonyl (C=O) groups is 2. The average molecular weight is 1090 g/mol. The lowest BCUT2D eigenvalue weighted by Gasteiger charge is -2.26. The molecule has 1 saturated heterocycles. The molecule has 4 aromatic carbocycles. The van der Waals surface area contributed by atoms with Crippen LogP contribution in [0, 0.1) is 0 Å². The number of ether oxygens (including phenoxy) is 4. The molecular weight excluding hydrogens is 1010 g/mol. The van der Waals surface area contributed by atoms with Gasteiger partial charge in [-0.25, -0.2) is 0 Å². The quantitative estimate of drug-likeness (QED) is 0.0432. The Morgan fingerprint density at radius 2 is 0.863 bits per heavy atom. The molecule has 0 N–H and O–H groups in total. The Morgan fingerprint density at radius 1 is 0.487 bits per heavy atom. The number of rotatable bonds is 28. The zero-order valence-corrected chi connectivity index (χ0v) is 48.8. The first-order valence-electron chi connectivity index (χ1n) is 28.3. The van der Waals surface area contributed by atoms with E-state index in [2.05, 4.69) is 94.3 Å². The van der Waals surface area contributed by atoms with E-state index in [4.69, 9.17) is 18.9 Å². The van der Waals surface area contributed by atoms with Gasteiger partial charge in [-0.15, -0.1) is 15.3 Å². The Morgan fingerprint density at radius 3 is 1.29 bits per heavy atom. The predicted molar refractivity (Wildman–Crippen MR) is 318 cm³/mol. The second-order valence-electron chi connectivity index (χ2n) is 20.6. The maximum atomic E-state index is 13.2. The Bertz CT molecular complexity index is 2810. The molecule has 3 aromatic heterocycles. The number of nitrogens with zero attached hydrogens (tertiary/aromatic N) is 11. The molecule has 8 rings (SSSR count). The van der Waals surface area contributed by atoms with Crippen LogP contribution in [0.25, 0.3) is 11.3 Å². The molecule has 0 aliphatic carbocycles. The molecule has 17 heteroatoms. The van der Waals surface area contributed by atoms with Crippen molar-refractivity contribution in [2.24, 2.45) is 0 Å². The summed E-state index contributed by atoms with van der Waals surface area (Å²) < 4.78 is 28.4. The van der Waals surface area contributed by atoms with Crippen molar-refractivity contribution in [2.45, 2.75) is 65.6 Å². The van der Waals surface area contributed by atoms with Gasteiger partial charge in [-0.1, -0.05) is 135 Å². The molecule has 0 spiro atoms. The monoisotopic (exact) mass is 1090 g/mol. The average Bonchev–Trinajstić information content (AvgIpc) is 4.23. The normalized spacial score (nSPS) is 12.2. The standard InChI is InChI=1S/C22H34N4O2.C21H25N3O.C20H28N4O3/c1-5-13-25(14-6-2)22(27)20-17-21(28-16-10-15-24(3)4)23-26(20)18-19-11-8-7-9-12-19;1-23(2)14-9-15-25-21-16-20(19-12-7-4-8-13-19)24(22-21)17-18-10-5-3-6-11-18;1-22(2)9-6-12-27-19-15-18(20(25)23-10-13-26-14-11-23)24(21-19)16-17-7-4-3-5-8-17/h7-9,11-12,17H,5-6,10,13-16,18H2,1-4H3;3-8,10-13,16H,9,14-15,17H2,1-2H3;3-5,7-8,15H,6,9-14,16H2,1-2H3. The lowest BCUT2D eigenvalue weighted by Crippen LogP contribution is -2.41. The molecule has 2 amide bonds. The van der Waals surface area contributed by atoms with Gasteiger partial charge in [-0.2, -0.15) is 0 Å². The number of hydrogen-bond acceptors (Lipinski definition) is 12. The second-order valence-corrected chi connectivity index (χ2v) is 20.6. The summed E-state index contributed by atoms with van der Waals surface area (Å²) in [6.07, 6.45) is 4.68. The molecule has 430 valence electrons. The van der Waals surface area contributed by atoms with E-state index in [-0.39, 0.29) is 11.8 Å². The number of hydrogen-bond donors (Lipinski definition) is 0. The highest BCUT2D eigenvalue weighted by atomic mass is 16.5. The van der Waals surface area contributed by atoms with E-state index >= 15 is 0 Å². The van der Waals surface area contributed by atoms with Crippen molar-refractivity contribution in [3.63, 3.8) is 0 Å². The minimum absolute atomic E-state index is 0.0233. The van der Waals surface area contributed by atoms with Gasteiger partial charge in [-0.3, -0.25) is 23.6 Å². The van der Waals surface area contributed by atoms with Crippen molar-refractivity contribution in [2.75, 3.05) is 121 Å².